The molecule has 0 saturated heterocycles. The van der Waals surface area contributed by atoms with Crippen LogP contribution in [0.3, 0.4) is 0 Å². The number of nitrogens with one attached hydrogen (secondary N) is 1. The summed E-state index contributed by atoms with van der Waals surface area (Å²) >= 11 is 5.11. The molecule has 2 heterocycles. The van der Waals surface area contributed by atoms with Crippen LogP contribution in [0.2, 0.25) is 0 Å². The molecule has 2 aromatic heterocycles. The van der Waals surface area contributed by atoms with Crippen molar-refractivity contribution in [2.45, 2.75) is 51.0 Å². The summed E-state index contributed by atoms with van der Waals surface area (Å²) in [6.07, 6.45) is 8.09. The van der Waals surface area contributed by atoms with E-state index in [0.29, 0.717) is 16.6 Å². The second kappa shape index (κ2) is 7.71. The van der Waals surface area contributed by atoms with Crippen molar-refractivity contribution in [2.75, 3.05) is 5.32 Å². The van der Waals surface area contributed by atoms with Gasteiger partial charge in [-0.05, 0) is 115 Å². The zero-order valence-corrected chi connectivity index (χ0v) is 21.9. The average molecular weight is 549 g/mol. The molecule has 4 aliphatic carbocycles. The molecule has 1 amide bonds. The van der Waals surface area contributed by atoms with E-state index in [1.54, 1.807) is 11.3 Å². The molecule has 4 aliphatic rings. The Morgan fingerprint density at radius 2 is 1.89 bits per heavy atom. The van der Waals surface area contributed by atoms with Gasteiger partial charge < -0.3 is 5.32 Å². The maximum Gasteiger partial charge on any atom is 0.230 e. The maximum atomic E-state index is 13.8. The van der Waals surface area contributed by atoms with Crippen molar-refractivity contribution < 1.29 is 4.79 Å². The molecule has 2 aromatic carbocycles. The Hall–Kier alpha value is -2.58. The van der Waals surface area contributed by atoms with Crippen molar-refractivity contribution in [3.05, 3.63) is 59.1 Å². The standard InChI is InChI=1S/C27H26BrN5OS/c1-16-2-7-21-22(8-16)35-23(31-21)19-3-5-20(6-4-19)30-24(34)26-10-17-9-18(11-26)13-27(12-17,14-26)33-15-29-25(28)32-33/h2-8,15,17-18H,9-14H2,1H3,(H,30,34)/t17-,18-,26?,27?/m1/s1. The zero-order chi connectivity index (χ0) is 23.8. The third kappa shape index (κ3) is 3.56. The number of rotatable bonds is 4. The van der Waals surface area contributed by atoms with E-state index >= 15 is 0 Å². The summed E-state index contributed by atoms with van der Waals surface area (Å²) in [5, 5.41) is 8.90. The van der Waals surface area contributed by atoms with Gasteiger partial charge in [0.25, 0.3) is 0 Å². The fourth-order valence-electron chi connectivity index (χ4n) is 7.33. The molecule has 0 unspecified atom stereocenters. The lowest BCUT2D eigenvalue weighted by atomic mass is 9.46. The molecule has 2 atom stereocenters. The minimum atomic E-state index is -0.327. The van der Waals surface area contributed by atoms with Gasteiger partial charge in [0.1, 0.15) is 11.3 Å². The Labute approximate surface area is 216 Å². The minimum Gasteiger partial charge on any atom is -0.326 e. The largest absolute Gasteiger partial charge is 0.326 e. The number of nitrogens with zero attached hydrogens (tertiary/aromatic N) is 4. The summed E-state index contributed by atoms with van der Waals surface area (Å²) in [4.78, 5) is 22.9. The van der Waals surface area contributed by atoms with E-state index in [0.717, 1.165) is 53.9 Å². The monoisotopic (exact) mass is 547 g/mol. The Morgan fingerprint density at radius 3 is 2.60 bits per heavy atom. The van der Waals surface area contributed by atoms with Crippen molar-refractivity contribution >= 4 is 49.1 Å². The van der Waals surface area contributed by atoms with Crippen LogP contribution in [0.5, 0.6) is 0 Å². The van der Waals surface area contributed by atoms with Crippen LogP contribution in [0.15, 0.2) is 53.5 Å². The molecule has 178 valence electrons. The smallest absolute Gasteiger partial charge is 0.230 e. The van der Waals surface area contributed by atoms with Crippen molar-refractivity contribution in [1.82, 2.24) is 19.7 Å². The normalized spacial score (nSPS) is 29.1. The molecule has 8 heteroatoms. The van der Waals surface area contributed by atoms with Crippen LogP contribution in [0.1, 0.15) is 44.1 Å². The predicted molar refractivity (Wildman–Crippen MR) is 141 cm³/mol. The number of hydrogen-bond donors (Lipinski definition) is 1. The van der Waals surface area contributed by atoms with Gasteiger partial charge in [-0.25, -0.2) is 14.6 Å². The van der Waals surface area contributed by atoms with E-state index in [2.05, 4.69) is 68.6 Å². The summed E-state index contributed by atoms with van der Waals surface area (Å²) in [6, 6.07) is 14.5. The fourth-order valence-corrected chi connectivity index (χ4v) is 8.67. The van der Waals surface area contributed by atoms with Crippen LogP contribution in [-0.4, -0.2) is 25.7 Å². The number of fused-ring (bicyclic) bond motifs is 1. The van der Waals surface area contributed by atoms with Crippen LogP contribution >= 0.6 is 27.3 Å². The molecular weight excluding hydrogens is 522 g/mol. The molecule has 35 heavy (non-hydrogen) atoms. The molecule has 0 radical (unpaired) electrons. The molecule has 4 saturated carbocycles. The topological polar surface area (TPSA) is 72.7 Å². The van der Waals surface area contributed by atoms with Crippen LogP contribution in [-0.2, 0) is 10.3 Å². The summed E-state index contributed by atoms with van der Waals surface area (Å²) in [6.45, 7) is 2.10. The molecule has 0 aliphatic heterocycles. The van der Waals surface area contributed by atoms with E-state index in [-0.39, 0.29) is 16.9 Å². The summed E-state index contributed by atoms with van der Waals surface area (Å²) < 4.78 is 3.87. The molecule has 0 spiro atoms. The first-order valence-electron chi connectivity index (χ1n) is 12.3. The zero-order valence-electron chi connectivity index (χ0n) is 19.5. The van der Waals surface area contributed by atoms with Crippen molar-refractivity contribution in [2.24, 2.45) is 17.3 Å². The number of amides is 1. The SMILES string of the molecule is Cc1ccc2nc(-c3ccc(NC(=O)C45C[C@H]6C[C@H](C4)CC(n4cnc(Br)n4)(C6)C5)cc3)sc2c1. The number of carbonyl (C=O) groups excluding carboxylic acids is 1. The predicted octanol–water partition coefficient (Wildman–Crippen LogP) is 6.56. The quantitative estimate of drug-likeness (QED) is 0.314. The number of halogens is 1. The molecule has 4 bridgehead atoms. The van der Waals surface area contributed by atoms with Gasteiger partial charge in [-0.3, -0.25) is 4.79 Å². The number of hydrogen-bond acceptors (Lipinski definition) is 5. The number of carbonyl (C=O) groups is 1. The van der Waals surface area contributed by atoms with Gasteiger partial charge in [0.05, 0.1) is 21.2 Å². The first kappa shape index (κ1) is 21.7. The van der Waals surface area contributed by atoms with Gasteiger partial charge in [-0.2, -0.15) is 0 Å². The van der Waals surface area contributed by atoms with Gasteiger partial charge >= 0.3 is 0 Å². The highest BCUT2D eigenvalue weighted by Gasteiger charge is 2.61. The van der Waals surface area contributed by atoms with Gasteiger partial charge in [0.2, 0.25) is 10.6 Å². The van der Waals surface area contributed by atoms with Crippen LogP contribution in [0, 0.1) is 24.2 Å². The van der Waals surface area contributed by atoms with Crippen LogP contribution in [0.4, 0.5) is 5.69 Å². The number of thiazole rings is 1. The molecule has 6 nitrogen and oxygen atoms in total. The van der Waals surface area contributed by atoms with E-state index in [4.69, 9.17) is 4.98 Å². The van der Waals surface area contributed by atoms with E-state index in [1.807, 2.05) is 23.1 Å². The molecular formula is C27H26BrN5OS. The number of aromatic nitrogens is 4. The highest BCUT2D eigenvalue weighted by Crippen LogP contribution is 2.64. The van der Waals surface area contributed by atoms with E-state index in [1.165, 1.54) is 16.7 Å². The maximum absolute atomic E-state index is 13.8. The first-order valence-corrected chi connectivity index (χ1v) is 13.9. The number of anilines is 1. The first-order chi connectivity index (χ1) is 16.9. The highest BCUT2D eigenvalue weighted by molar-refractivity contribution is 9.10. The Bertz CT molecular complexity index is 1440. The highest BCUT2D eigenvalue weighted by atomic mass is 79.9. The Balaban J connectivity index is 1.13. The van der Waals surface area contributed by atoms with Crippen molar-refractivity contribution in [3.63, 3.8) is 0 Å². The van der Waals surface area contributed by atoms with Gasteiger partial charge in [0.15, 0.2) is 0 Å². The number of benzene rings is 2. The van der Waals surface area contributed by atoms with Gasteiger partial charge in [-0.1, -0.05) is 6.07 Å². The third-order valence-electron chi connectivity index (χ3n) is 8.40. The Kier molecular flexibility index (Phi) is 4.77. The fraction of sp³-hybridized carbons (Fsp3) is 0.407. The second-order valence-electron chi connectivity index (χ2n) is 10.9. The summed E-state index contributed by atoms with van der Waals surface area (Å²) in [7, 11) is 0. The lowest BCUT2D eigenvalue weighted by molar-refractivity contribution is -0.150. The number of aryl methyl sites for hydroxylation is 1. The molecule has 8 rings (SSSR count). The minimum absolute atomic E-state index is 0.0878. The molecule has 4 fully saturated rings. The van der Waals surface area contributed by atoms with Crippen molar-refractivity contribution in [1.29, 1.82) is 0 Å². The third-order valence-corrected chi connectivity index (χ3v) is 9.83. The van der Waals surface area contributed by atoms with E-state index < -0.39 is 0 Å². The summed E-state index contributed by atoms with van der Waals surface area (Å²) in [5.74, 6) is 1.32. The average Bonchev–Trinajstić information content (AvgIpc) is 3.45. The van der Waals surface area contributed by atoms with Crippen LogP contribution < -0.4 is 5.32 Å². The lowest BCUT2D eigenvalue weighted by Crippen LogP contribution is -2.60. The van der Waals surface area contributed by atoms with E-state index in [9.17, 15) is 4.79 Å². The Morgan fingerprint density at radius 1 is 1.11 bits per heavy atom. The molecule has 1 N–H and O–H groups in total. The summed E-state index contributed by atoms with van der Waals surface area (Å²) in [5.41, 5.74) is 3.79. The van der Waals surface area contributed by atoms with Crippen molar-refractivity contribution in [3.8, 4) is 10.6 Å². The van der Waals surface area contributed by atoms with Gasteiger partial charge in [-0.15, -0.1) is 16.4 Å². The second-order valence-corrected chi connectivity index (χ2v) is 12.7. The molecule has 4 aromatic rings. The van der Waals surface area contributed by atoms with Crippen LogP contribution in [0.25, 0.3) is 20.8 Å². The lowest BCUT2D eigenvalue weighted by Gasteiger charge is -2.60. The van der Waals surface area contributed by atoms with Gasteiger partial charge in [0, 0.05) is 11.3 Å².